The molecule has 2 unspecified atom stereocenters. The molecular weight excluding hydrogens is 320 g/mol. The number of nitrogens with zero attached hydrogens (tertiary/aromatic N) is 3. The van der Waals surface area contributed by atoms with E-state index >= 15 is 0 Å². The first-order valence-corrected chi connectivity index (χ1v) is 9.46. The van der Waals surface area contributed by atoms with Crippen molar-refractivity contribution in [3.05, 3.63) is 36.2 Å². The van der Waals surface area contributed by atoms with Crippen LogP contribution in [0.1, 0.15) is 31.2 Å². The number of fused-ring (bicyclic) bond motifs is 1. The lowest BCUT2D eigenvalue weighted by Gasteiger charge is -2.27. The van der Waals surface area contributed by atoms with Gasteiger partial charge in [-0.05, 0) is 30.5 Å². The Bertz CT molecular complexity index is 744. The molecule has 2 aliphatic rings. The van der Waals surface area contributed by atoms with Crippen LogP contribution in [0, 0.1) is 0 Å². The first-order valence-electron chi connectivity index (χ1n) is 8.64. The predicted octanol–water partition coefficient (Wildman–Crippen LogP) is 3.19. The quantitative estimate of drug-likeness (QED) is 0.892. The molecule has 5 nitrogen and oxygen atoms in total. The zero-order valence-corrected chi connectivity index (χ0v) is 14.8. The van der Waals surface area contributed by atoms with Gasteiger partial charge in [0.2, 0.25) is 0 Å². The Balaban J connectivity index is 1.47. The predicted molar refractivity (Wildman–Crippen MR) is 98.8 cm³/mol. The van der Waals surface area contributed by atoms with Crippen molar-refractivity contribution in [3.8, 4) is 0 Å². The Morgan fingerprint density at radius 3 is 2.96 bits per heavy atom. The molecule has 24 heavy (non-hydrogen) atoms. The van der Waals surface area contributed by atoms with Crippen LogP contribution in [-0.2, 0) is 6.54 Å². The number of hydrogen-bond donors (Lipinski definition) is 2. The van der Waals surface area contributed by atoms with Gasteiger partial charge in [0.05, 0.1) is 29.0 Å². The second-order valence-corrected chi connectivity index (χ2v) is 7.90. The summed E-state index contributed by atoms with van der Waals surface area (Å²) in [6, 6.07) is 6.64. The number of aromatic nitrogens is 1. The molecule has 2 N–H and O–H groups in total. The van der Waals surface area contributed by atoms with Gasteiger partial charge in [-0.25, -0.2) is 4.98 Å². The highest BCUT2D eigenvalue weighted by Crippen LogP contribution is 2.30. The molecule has 0 spiro atoms. The van der Waals surface area contributed by atoms with Crippen molar-refractivity contribution in [2.75, 3.05) is 19.0 Å². The van der Waals surface area contributed by atoms with Crippen molar-refractivity contribution < 1.29 is 5.11 Å². The average molecular weight is 344 g/mol. The van der Waals surface area contributed by atoms with Gasteiger partial charge in [-0.1, -0.05) is 30.2 Å². The molecule has 0 saturated heterocycles. The summed E-state index contributed by atoms with van der Waals surface area (Å²) in [6.45, 7) is 1.85. The van der Waals surface area contributed by atoms with Gasteiger partial charge < -0.3 is 20.2 Å². The highest BCUT2D eigenvalue weighted by Gasteiger charge is 2.23. The van der Waals surface area contributed by atoms with E-state index in [4.69, 9.17) is 0 Å². The van der Waals surface area contributed by atoms with Crippen molar-refractivity contribution in [2.45, 2.75) is 44.4 Å². The molecule has 6 heteroatoms. The Hall–Kier alpha value is -1.79. The van der Waals surface area contributed by atoms with E-state index in [-0.39, 0.29) is 12.1 Å². The molecule has 4 rings (SSSR count). The summed E-state index contributed by atoms with van der Waals surface area (Å²) >= 11 is 1.69. The number of anilines is 1. The molecule has 1 aliphatic heterocycles. The molecule has 1 saturated carbocycles. The van der Waals surface area contributed by atoms with Crippen LogP contribution in [0.5, 0.6) is 0 Å². The van der Waals surface area contributed by atoms with E-state index in [9.17, 15) is 5.11 Å². The SMILES string of the molecule is CN1C=CN(Cc2ccc3nc(NC4CCCCC4O)sc3c2)C1. The summed E-state index contributed by atoms with van der Waals surface area (Å²) in [5.41, 5.74) is 2.33. The van der Waals surface area contributed by atoms with E-state index in [0.717, 1.165) is 43.1 Å². The van der Waals surface area contributed by atoms with Crippen LogP contribution >= 0.6 is 11.3 Å². The highest BCUT2D eigenvalue weighted by atomic mass is 32.1. The molecule has 1 fully saturated rings. The van der Waals surface area contributed by atoms with E-state index in [0.29, 0.717) is 0 Å². The summed E-state index contributed by atoms with van der Waals surface area (Å²) < 4.78 is 1.21. The zero-order valence-electron chi connectivity index (χ0n) is 14.0. The minimum absolute atomic E-state index is 0.143. The maximum Gasteiger partial charge on any atom is 0.184 e. The summed E-state index contributed by atoms with van der Waals surface area (Å²) in [5, 5.41) is 14.5. The number of thiazole rings is 1. The monoisotopic (exact) mass is 344 g/mol. The lowest BCUT2D eigenvalue weighted by molar-refractivity contribution is 0.116. The molecule has 2 aromatic rings. The number of benzene rings is 1. The molecule has 0 radical (unpaired) electrons. The van der Waals surface area contributed by atoms with Gasteiger partial charge in [-0.3, -0.25) is 0 Å². The second kappa shape index (κ2) is 6.61. The van der Waals surface area contributed by atoms with Crippen molar-refractivity contribution in [1.82, 2.24) is 14.8 Å². The molecular formula is C18H24N4OS. The largest absolute Gasteiger partial charge is 0.391 e. The minimum Gasteiger partial charge on any atom is -0.391 e. The lowest BCUT2D eigenvalue weighted by atomic mass is 9.93. The van der Waals surface area contributed by atoms with Gasteiger partial charge in [0.25, 0.3) is 0 Å². The first kappa shape index (κ1) is 15.7. The fourth-order valence-electron chi connectivity index (χ4n) is 3.49. The molecule has 0 amide bonds. The van der Waals surface area contributed by atoms with Crippen LogP contribution in [0.3, 0.4) is 0 Å². The molecule has 2 heterocycles. The highest BCUT2D eigenvalue weighted by molar-refractivity contribution is 7.22. The normalized spacial score (nSPS) is 24.1. The molecule has 1 aromatic carbocycles. The van der Waals surface area contributed by atoms with Crippen LogP contribution in [0.2, 0.25) is 0 Å². The Kier molecular flexibility index (Phi) is 4.33. The third-order valence-corrected chi connectivity index (χ3v) is 5.76. The van der Waals surface area contributed by atoms with E-state index in [1.54, 1.807) is 11.3 Å². The van der Waals surface area contributed by atoms with E-state index in [1.807, 2.05) is 0 Å². The van der Waals surface area contributed by atoms with E-state index in [2.05, 4.69) is 57.7 Å². The van der Waals surface area contributed by atoms with E-state index in [1.165, 1.54) is 16.7 Å². The lowest BCUT2D eigenvalue weighted by Crippen LogP contribution is -2.36. The molecule has 0 bridgehead atoms. The molecule has 1 aliphatic carbocycles. The van der Waals surface area contributed by atoms with Crippen LogP contribution < -0.4 is 5.32 Å². The average Bonchev–Trinajstić information content (AvgIpc) is 3.15. The van der Waals surface area contributed by atoms with Crippen LogP contribution in [-0.4, -0.2) is 45.8 Å². The maximum atomic E-state index is 10.1. The van der Waals surface area contributed by atoms with Crippen LogP contribution in [0.25, 0.3) is 10.2 Å². The van der Waals surface area contributed by atoms with Gasteiger partial charge in [-0.15, -0.1) is 0 Å². The second-order valence-electron chi connectivity index (χ2n) is 6.87. The van der Waals surface area contributed by atoms with Gasteiger partial charge in [0, 0.05) is 26.0 Å². The third-order valence-electron chi connectivity index (χ3n) is 4.81. The number of aliphatic hydroxyl groups is 1. The van der Waals surface area contributed by atoms with E-state index < -0.39 is 0 Å². The van der Waals surface area contributed by atoms with Gasteiger partial charge in [0.1, 0.15) is 0 Å². The van der Waals surface area contributed by atoms with Crippen molar-refractivity contribution in [3.63, 3.8) is 0 Å². The minimum atomic E-state index is -0.250. The van der Waals surface area contributed by atoms with Gasteiger partial charge >= 0.3 is 0 Å². The van der Waals surface area contributed by atoms with Gasteiger partial charge in [-0.2, -0.15) is 0 Å². The Morgan fingerprint density at radius 1 is 1.29 bits per heavy atom. The number of rotatable bonds is 4. The van der Waals surface area contributed by atoms with Gasteiger partial charge in [0.15, 0.2) is 5.13 Å². The van der Waals surface area contributed by atoms with Crippen molar-refractivity contribution >= 4 is 26.7 Å². The standard InChI is InChI=1S/C18H24N4OS/c1-21-8-9-22(12-21)11-13-6-7-15-17(10-13)24-18(20-15)19-14-4-2-3-5-16(14)23/h6-10,14,16,23H,2-5,11-12H2,1H3,(H,19,20). The topological polar surface area (TPSA) is 51.6 Å². The smallest absolute Gasteiger partial charge is 0.184 e. The van der Waals surface area contributed by atoms with Crippen LogP contribution in [0.15, 0.2) is 30.6 Å². The Morgan fingerprint density at radius 2 is 2.17 bits per heavy atom. The Labute approximate surface area is 146 Å². The summed E-state index contributed by atoms with van der Waals surface area (Å²) in [5.74, 6) is 0. The van der Waals surface area contributed by atoms with Crippen molar-refractivity contribution in [2.24, 2.45) is 0 Å². The summed E-state index contributed by atoms with van der Waals surface area (Å²) in [6.07, 6.45) is 8.21. The number of nitrogens with one attached hydrogen (secondary N) is 1. The fraction of sp³-hybridized carbons (Fsp3) is 0.500. The summed E-state index contributed by atoms with van der Waals surface area (Å²) in [7, 11) is 2.08. The van der Waals surface area contributed by atoms with Crippen LogP contribution in [0.4, 0.5) is 5.13 Å². The van der Waals surface area contributed by atoms with Crippen molar-refractivity contribution in [1.29, 1.82) is 0 Å². The molecule has 1 aromatic heterocycles. The number of hydrogen-bond acceptors (Lipinski definition) is 6. The summed E-state index contributed by atoms with van der Waals surface area (Å²) in [4.78, 5) is 9.15. The maximum absolute atomic E-state index is 10.1. The number of aliphatic hydroxyl groups excluding tert-OH is 1. The first-order chi connectivity index (χ1) is 11.7. The molecule has 128 valence electrons. The fourth-order valence-corrected chi connectivity index (χ4v) is 4.48. The molecule has 2 atom stereocenters. The zero-order chi connectivity index (χ0) is 16.5. The third kappa shape index (κ3) is 3.35.